The zero-order chi connectivity index (χ0) is 14.9. The summed E-state index contributed by atoms with van der Waals surface area (Å²) in [6.45, 7) is 6.07. The number of urea groups is 1. The molecule has 0 bridgehead atoms. The number of amides is 2. The molecule has 0 saturated carbocycles. The number of unbranched alkanes of at least 4 members (excludes halogenated alkanes) is 10. The van der Waals surface area contributed by atoms with Crippen molar-refractivity contribution < 1.29 is 4.79 Å². The molecule has 0 aliphatic rings. The Morgan fingerprint density at radius 2 is 0.950 bits per heavy atom. The van der Waals surface area contributed by atoms with Crippen molar-refractivity contribution in [3.8, 4) is 0 Å². The first kappa shape index (κ1) is 19.3. The van der Waals surface area contributed by atoms with Gasteiger partial charge < -0.3 is 10.6 Å². The van der Waals surface area contributed by atoms with Crippen molar-refractivity contribution in [2.24, 2.45) is 0 Å². The van der Waals surface area contributed by atoms with E-state index >= 15 is 0 Å². The van der Waals surface area contributed by atoms with Crippen molar-refractivity contribution >= 4 is 6.03 Å². The molecule has 0 aromatic rings. The van der Waals surface area contributed by atoms with Crippen molar-refractivity contribution in [2.45, 2.75) is 90.9 Å². The summed E-state index contributed by atoms with van der Waals surface area (Å²) in [5.41, 5.74) is 0. The third-order valence-electron chi connectivity index (χ3n) is 3.63. The topological polar surface area (TPSA) is 41.1 Å². The lowest BCUT2D eigenvalue weighted by Gasteiger charge is -2.07. The second-order valence-corrected chi connectivity index (χ2v) is 5.72. The molecule has 0 saturated heterocycles. The number of rotatable bonds is 14. The number of hydrogen-bond donors (Lipinski definition) is 2. The minimum Gasteiger partial charge on any atom is -0.338 e. The van der Waals surface area contributed by atoms with E-state index in [0.717, 1.165) is 25.9 Å². The molecule has 3 nitrogen and oxygen atoms in total. The van der Waals surface area contributed by atoms with Crippen LogP contribution >= 0.6 is 0 Å². The second-order valence-electron chi connectivity index (χ2n) is 5.72. The molecule has 0 unspecified atom stereocenters. The molecular weight excluding hydrogens is 248 g/mol. The number of nitrogens with one attached hydrogen (secondary N) is 2. The zero-order valence-electron chi connectivity index (χ0n) is 13.8. The van der Waals surface area contributed by atoms with E-state index in [0.29, 0.717) is 0 Å². The van der Waals surface area contributed by atoms with Crippen molar-refractivity contribution in [1.29, 1.82) is 0 Å². The molecule has 120 valence electrons. The van der Waals surface area contributed by atoms with Gasteiger partial charge in [-0.25, -0.2) is 4.79 Å². The van der Waals surface area contributed by atoms with Crippen LogP contribution in [0.3, 0.4) is 0 Å². The molecule has 0 radical (unpaired) electrons. The smallest absolute Gasteiger partial charge is 0.314 e. The fourth-order valence-corrected chi connectivity index (χ4v) is 2.28. The summed E-state index contributed by atoms with van der Waals surface area (Å²) in [5, 5.41) is 5.85. The number of carbonyl (C=O) groups excluding carboxylic acids is 1. The minimum absolute atomic E-state index is 0.00412. The van der Waals surface area contributed by atoms with Gasteiger partial charge in [-0.05, 0) is 12.8 Å². The molecule has 0 aromatic carbocycles. The standard InChI is InChI=1S/C17H36N2O/c1-3-5-7-9-10-11-12-14-16-19-17(20)18-15-13-8-6-4-2/h3-16H2,1-2H3,(H2,18,19,20). The third-order valence-corrected chi connectivity index (χ3v) is 3.63. The van der Waals surface area contributed by atoms with Gasteiger partial charge >= 0.3 is 6.03 Å². The predicted molar refractivity (Wildman–Crippen MR) is 88.2 cm³/mol. The highest BCUT2D eigenvalue weighted by Gasteiger charge is 1.98. The quantitative estimate of drug-likeness (QED) is 0.433. The highest BCUT2D eigenvalue weighted by molar-refractivity contribution is 5.73. The van der Waals surface area contributed by atoms with Crippen LogP contribution in [0.5, 0.6) is 0 Å². The Hall–Kier alpha value is -0.730. The minimum atomic E-state index is 0.00412. The molecule has 0 fully saturated rings. The average Bonchev–Trinajstić information content (AvgIpc) is 2.45. The van der Waals surface area contributed by atoms with E-state index in [1.54, 1.807) is 0 Å². The molecule has 2 amide bonds. The molecule has 0 spiro atoms. The van der Waals surface area contributed by atoms with Crippen LogP contribution in [-0.4, -0.2) is 19.1 Å². The lowest BCUT2D eigenvalue weighted by molar-refractivity contribution is 0.240. The van der Waals surface area contributed by atoms with Gasteiger partial charge in [0.1, 0.15) is 0 Å². The van der Waals surface area contributed by atoms with Crippen LogP contribution < -0.4 is 10.6 Å². The SMILES string of the molecule is CCCCCCCCCCNC(=O)NCCCCCC. The molecule has 3 heteroatoms. The molecule has 0 heterocycles. The molecule has 0 aliphatic heterocycles. The van der Waals surface area contributed by atoms with E-state index in [1.165, 1.54) is 64.2 Å². The Bertz CT molecular complexity index is 207. The van der Waals surface area contributed by atoms with Gasteiger partial charge in [0.05, 0.1) is 0 Å². The largest absolute Gasteiger partial charge is 0.338 e. The molecule has 20 heavy (non-hydrogen) atoms. The highest BCUT2D eigenvalue weighted by Crippen LogP contribution is 2.07. The van der Waals surface area contributed by atoms with Gasteiger partial charge in [0.2, 0.25) is 0 Å². The van der Waals surface area contributed by atoms with Gasteiger partial charge in [0, 0.05) is 13.1 Å². The lowest BCUT2D eigenvalue weighted by atomic mass is 10.1. The Kier molecular flexibility index (Phi) is 15.7. The van der Waals surface area contributed by atoms with Crippen molar-refractivity contribution in [3.63, 3.8) is 0 Å². The highest BCUT2D eigenvalue weighted by atomic mass is 16.2. The van der Waals surface area contributed by atoms with Gasteiger partial charge in [0.25, 0.3) is 0 Å². The van der Waals surface area contributed by atoms with E-state index in [4.69, 9.17) is 0 Å². The van der Waals surface area contributed by atoms with Crippen LogP contribution in [0.2, 0.25) is 0 Å². The van der Waals surface area contributed by atoms with Crippen LogP contribution in [-0.2, 0) is 0 Å². The fraction of sp³-hybridized carbons (Fsp3) is 0.941. The van der Waals surface area contributed by atoms with Crippen LogP contribution in [0.15, 0.2) is 0 Å². The molecule has 0 aromatic heterocycles. The fourth-order valence-electron chi connectivity index (χ4n) is 2.28. The number of carbonyl (C=O) groups is 1. The van der Waals surface area contributed by atoms with E-state index in [-0.39, 0.29) is 6.03 Å². The summed E-state index contributed by atoms with van der Waals surface area (Å²) in [6, 6.07) is 0.00412. The van der Waals surface area contributed by atoms with Gasteiger partial charge in [-0.15, -0.1) is 0 Å². The van der Waals surface area contributed by atoms with Gasteiger partial charge in [-0.3, -0.25) is 0 Å². The second kappa shape index (κ2) is 16.3. The Labute approximate surface area is 126 Å². The van der Waals surface area contributed by atoms with Crippen LogP contribution in [0, 0.1) is 0 Å². The molecular formula is C17H36N2O. The van der Waals surface area contributed by atoms with Gasteiger partial charge in [-0.1, -0.05) is 78.1 Å². The number of hydrogen-bond acceptors (Lipinski definition) is 1. The third kappa shape index (κ3) is 15.3. The Morgan fingerprint density at radius 3 is 1.40 bits per heavy atom. The van der Waals surface area contributed by atoms with Crippen molar-refractivity contribution in [3.05, 3.63) is 0 Å². The summed E-state index contributed by atoms with van der Waals surface area (Å²) in [4.78, 5) is 11.5. The molecule has 0 aliphatic carbocycles. The Morgan fingerprint density at radius 1 is 0.600 bits per heavy atom. The maximum absolute atomic E-state index is 11.5. The van der Waals surface area contributed by atoms with Crippen LogP contribution in [0.25, 0.3) is 0 Å². The predicted octanol–water partition coefficient (Wildman–Crippen LogP) is 5.01. The first-order valence-electron chi connectivity index (χ1n) is 8.83. The lowest BCUT2D eigenvalue weighted by Crippen LogP contribution is -2.36. The van der Waals surface area contributed by atoms with E-state index in [9.17, 15) is 4.79 Å². The summed E-state index contributed by atoms with van der Waals surface area (Å²) < 4.78 is 0. The maximum Gasteiger partial charge on any atom is 0.314 e. The maximum atomic E-state index is 11.5. The van der Waals surface area contributed by atoms with Crippen molar-refractivity contribution in [1.82, 2.24) is 10.6 Å². The van der Waals surface area contributed by atoms with E-state index in [1.807, 2.05) is 0 Å². The van der Waals surface area contributed by atoms with Crippen LogP contribution in [0.1, 0.15) is 90.9 Å². The molecule has 0 rings (SSSR count). The van der Waals surface area contributed by atoms with E-state index in [2.05, 4.69) is 24.5 Å². The molecule has 2 N–H and O–H groups in total. The van der Waals surface area contributed by atoms with Crippen LogP contribution in [0.4, 0.5) is 4.79 Å². The summed E-state index contributed by atoms with van der Waals surface area (Å²) in [7, 11) is 0. The summed E-state index contributed by atoms with van der Waals surface area (Å²) in [6.07, 6.45) is 15.3. The zero-order valence-corrected chi connectivity index (χ0v) is 13.8. The first-order valence-corrected chi connectivity index (χ1v) is 8.83. The van der Waals surface area contributed by atoms with Gasteiger partial charge in [-0.2, -0.15) is 0 Å². The van der Waals surface area contributed by atoms with E-state index < -0.39 is 0 Å². The normalized spacial score (nSPS) is 10.5. The monoisotopic (exact) mass is 284 g/mol. The summed E-state index contributed by atoms with van der Waals surface area (Å²) >= 11 is 0. The Balaban J connectivity index is 3.11. The van der Waals surface area contributed by atoms with Crippen molar-refractivity contribution in [2.75, 3.05) is 13.1 Å². The summed E-state index contributed by atoms with van der Waals surface area (Å²) in [5.74, 6) is 0. The average molecular weight is 284 g/mol. The van der Waals surface area contributed by atoms with Gasteiger partial charge in [0.15, 0.2) is 0 Å². The molecule has 0 atom stereocenters. The first-order chi connectivity index (χ1) is 9.81.